The number of likely N-dealkylation sites (tertiary alicyclic amines) is 1. The molecule has 0 spiro atoms. The first-order valence-electron chi connectivity index (χ1n) is 7.74. The highest BCUT2D eigenvalue weighted by Gasteiger charge is 2.33. The summed E-state index contributed by atoms with van der Waals surface area (Å²) < 4.78 is 8.46. The Kier molecular flexibility index (Phi) is 3.77. The third-order valence-electron chi connectivity index (χ3n) is 4.72. The van der Waals surface area contributed by atoms with E-state index in [4.69, 9.17) is 0 Å². The van der Waals surface area contributed by atoms with Gasteiger partial charge in [0.1, 0.15) is 11.4 Å². The summed E-state index contributed by atoms with van der Waals surface area (Å²) >= 11 is 1.17. The lowest BCUT2D eigenvalue weighted by Crippen LogP contribution is -2.43. The van der Waals surface area contributed by atoms with Crippen LogP contribution < -0.4 is 10.6 Å². The Morgan fingerprint density at radius 1 is 1.36 bits per heavy atom. The number of nitrogens with zero attached hydrogens (tertiary/aromatic N) is 3. The van der Waals surface area contributed by atoms with Gasteiger partial charge in [-0.15, -0.1) is 0 Å². The first-order valence-corrected chi connectivity index (χ1v) is 8.47. The van der Waals surface area contributed by atoms with Gasteiger partial charge in [0, 0.05) is 6.54 Å². The van der Waals surface area contributed by atoms with Crippen LogP contribution in [0, 0.1) is 11.8 Å². The number of anilines is 1. The van der Waals surface area contributed by atoms with Crippen molar-refractivity contribution in [1.82, 2.24) is 10.2 Å². The molecule has 116 valence electrons. The number of rotatable bonds is 3. The molecule has 3 heterocycles. The highest BCUT2D eigenvalue weighted by atomic mass is 32.1. The highest BCUT2D eigenvalue weighted by Crippen LogP contribution is 2.38. The third-order valence-corrected chi connectivity index (χ3v) is 5.26. The molecule has 1 aromatic rings. The predicted octanol–water partition coefficient (Wildman–Crippen LogP) is 1.89. The first-order chi connectivity index (χ1) is 10.8. The van der Waals surface area contributed by atoms with Crippen molar-refractivity contribution in [2.24, 2.45) is 20.6 Å². The van der Waals surface area contributed by atoms with Crippen molar-refractivity contribution >= 4 is 34.3 Å². The number of piperidine rings is 1. The molecular formula is C15H19N5OS. The van der Waals surface area contributed by atoms with Crippen LogP contribution in [0.3, 0.4) is 0 Å². The molecule has 0 saturated carbocycles. The number of carbonyl (C=O) groups excluding carboxylic acids is 1. The van der Waals surface area contributed by atoms with Crippen LogP contribution in [0.2, 0.25) is 0 Å². The Morgan fingerprint density at radius 3 is 3.23 bits per heavy atom. The first kappa shape index (κ1) is 14.0. The van der Waals surface area contributed by atoms with Gasteiger partial charge in [-0.3, -0.25) is 9.69 Å². The molecule has 0 aliphatic carbocycles. The molecule has 7 heteroatoms. The van der Waals surface area contributed by atoms with Gasteiger partial charge in [0.2, 0.25) is 5.91 Å². The second-order valence-corrected chi connectivity index (χ2v) is 6.72. The van der Waals surface area contributed by atoms with Crippen LogP contribution in [0.15, 0.2) is 26.9 Å². The molecule has 0 radical (unpaired) electrons. The van der Waals surface area contributed by atoms with E-state index in [2.05, 4.69) is 24.3 Å². The van der Waals surface area contributed by atoms with Gasteiger partial charge in [-0.05, 0) is 50.0 Å². The van der Waals surface area contributed by atoms with Gasteiger partial charge in [-0.2, -0.15) is 8.73 Å². The normalized spacial score (nSPS) is 26.4. The zero-order chi connectivity index (χ0) is 14.9. The lowest BCUT2D eigenvalue weighted by Gasteiger charge is -2.33. The molecule has 6 nitrogen and oxygen atoms in total. The topological polar surface area (TPSA) is 69.1 Å². The van der Waals surface area contributed by atoms with Crippen LogP contribution in [-0.4, -0.2) is 43.5 Å². The Bertz CT molecular complexity index is 670. The molecule has 4 rings (SSSR count). The van der Waals surface area contributed by atoms with Crippen molar-refractivity contribution in [3.8, 4) is 0 Å². The van der Waals surface area contributed by atoms with Gasteiger partial charge in [-0.25, -0.2) is 0 Å². The summed E-state index contributed by atoms with van der Waals surface area (Å²) in [5, 5.41) is 6.44. The molecular weight excluding hydrogens is 298 g/mol. The Hall–Kier alpha value is -1.57. The van der Waals surface area contributed by atoms with E-state index in [0.717, 1.165) is 49.2 Å². The van der Waals surface area contributed by atoms with Crippen molar-refractivity contribution in [2.45, 2.75) is 6.42 Å². The standard InChI is InChI=1S/C15H19N5OS/c21-14(9-20-5-4-10-6-16-7-11(10)8-20)17-12-2-1-3-13-15(12)19-22-18-13/h1-3,10-11,16H,4-9H2,(H,17,21). The number of hydrogen-bond donors (Lipinski definition) is 2. The number of nitrogens with one attached hydrogen (secondary N) is 2. The summed E-state index contributed by atoms with van der Waals surface area (Å²) in [6.07, 6.45) is 1.19. The lowest BCUT2D eigenvalue weighted by atomic mass is 9.89. The van der Waals surface area contributed by atoms with E-state index in [1.807, 2.05) is 18.2 Å². The van der Waals surface area contributed by atoms with Crippen molar-refractivity contribution < 1.29 is 4.79 Å². The number of amides is 1. The largest absolute Gasteiger partial charge is 0.323 e. The van der Waals surface area contributed by atoms with Gasteiger partial charge in [0.05, 0.1) is 23.6 Å². The fraction of sp³-hybridized carbons (Fsp3) is 0.533. The van der Waals surface area contributed by atoms with E-state index in [9.17, 15) is 4.79 Å². The van der Waals surface area contributed by atoms with Crippen molar-refractivity contribution in [2.75, 3.05) is 38.0 Å². The zero-order valence-electron chi connectivity index (χ0n) is 12.3. The molecule has 0 aromatic heterocycles. The number of fused-ring (bicyclic) bond motifs is 2. The van der Waals surface area contributed by atoms with Crippen molar-refractivity contribution in [3.05, 3.63) is 18.2 Å². The number of benzene rings is 1. The molecule has 0 bridgehead atoms. The molecule has 2 fully saturated rings. The second kappa shape index (κ2) is 5.91. The maximum atomic E-state index is 12.3. The summed E-state index contributed by atoms with van der Waals surface area (Å²) in [5.74, 6) is 1.53. The second-order valence-electron chi connectivity index (χ2n) is 6.19. The summed E-state index contributed by atoms with van der Waals surface area (Å²) in [6.45, 7) is 4.72. The molecule has 2 atom stereocenters. The highest BCUT2D eigenvalue weighted by molar-refractivity contribution is 7.58. The molecule has 2 N–H and O–H groups in total. The van der Waals surface area contributed by atoms with Crippen LogP contribution in [0.1, 0.15) is 6.42 Å². The minimum Gasteiger partial charge on any atom is -0.323 e. The van der Waals surface area contributed by atoms with Crippen LogP contribution in [0.4, 0.5) is 17.1 Å². The van der Waals surface area contributed by atoms with Gasteiger partial charge in [-0.1, -0.05) is 6.07 Å². The van der Waals surface area contributed by atoms with E-state index in [-0.39, 0.29) is 5.91 Å². The van der Waals surface area contributed by atoms with E-state index in [1.54, 1.807) is 0 Å². The molecule has 1 aromatic carbocycles. The van der Waals surface area contributed by atoms with E-state index in [0.29, 0.717) is 12.5 Å². The minimum absolute atomic E-state index is 0.0323. The average Bonchev–Trinajstić information content (AvgIpc) is 3.15. The van der Waals surface area contributed by atoms with Crippen LogP contribution in [0.5, 0.6) is 0 Å². The number of hydrogen-bond acceptors (Lipinski definition) is 5. The molecule has 3 aliphatic rings. The van der Waals surface area contributed by atoms with Crippen LogP contribution in [0.25, 0.3) is 0 Å². The molecule has 2 saturated heterocycles. The van der Waals surface area contributed by atoms with Crippen LogP contribution >= 0.6 is 0 Å². The van der Waals surface area contributed by atoms with Gasteiger partial charge in [0.15, 0.2) is 0 Å². The Balaban J connectivity index is 1.37. The fourth-order valence-electron chi connectivity index (χ4n) is 3.55. The fourth-order valence-corrected chi connectivity index (χ4v) is 4.10. The van der Waals surface area contributed by atoms with Crippen molar-refractivity contribution in [1.29, 1.82) is 0 Å². The van der Waals surface area contributed by atoms with Crippen molar-refractivity contribution in [3.63, 3.8) is 0 Å². The zero-order valence-corrected chi connectivity index (χ0v) is 13.1. The Labute approximate surface area is 133 Å². The maximum absolute atomic E-state index is 12.3. The quantitative estimate of drug-likeness (QED) is 0.908. The molecule has 22 heavy (non-hydrogen) atoms. The summed E-state index contributed by atoms with van der Waals surface area (Å²) in [4.78, 5) is 14.6. The SMILES string of the molecule is O=C(CN1CCC2CNCC2C1)Nc1cccc2c1N=S=N2. The van der Waals surface area contributed by atoms with E-state index in [1.165, 1.54) is 17.8 Å². The number of carbonyl (C=O) groups is 1. The Morgan fingerprint density at radius 2 is 2.27 bits per heavy atom. The summed E-state index contributed by atoms with van der Waals surface area (Å²) in [7, 11) is 0. The summed E-state index contributed by atoms with van der Waals surface area (Å²) in [5.41, 5.74) is 2.37. The van der Waals surface area contributed by atoms with Gasteiger partial charge >= 0.3 is 0 Å². The van der Waals surface area contributed by atoms with Gasteiger partial charge in [0.25, 0.3) is 0 Å². The average molecular weight is 317 g/mol. The molecule has 1 amide bonds. The maximum Gasteiger partial charge on any atom is 0.238 e. The van der Waals surface area contributed by atoms with Gasteiger partial charge < -0.3 is 10.6 Å². The van der Waals surface area contributed by atoms with Crippen LogP contribution in [-0.2, 0) is 16.1 Å². The van der Waals surface area contributed by atoms with E-state index < -0.39 is 0 Å². The minimum atomic E-state index is 0.0323. The predicted molar refractivity (Wildman–Crippen MR) is 87.5 cm³/mol. The lowest BCUT2D eigenvalue weighted by molar-refractivity contribution is -0.117. The monoisotopic (exact) mass is 317 g/mol. The molecule has 3 aliphatic heterocycles. The molecule has 2 unspecified atom stereocenters. The smallest absolute Gasteiger partial charge is 0.238 e. The third kappa shape index (κ3) is 2.71. The summed E-state index contributed by atoms with van der Waals surface area (Å²) in [6, 6.07) is 5.69. The van der Waals surface area contributed by atoms with E-state index >= 15 is 0 Å².